The maximum atomic E-state index is 13.9. The van der Waals surface area contributed by atoms with Gasteiger partial charge in [0.25, 0.3) is 5.56 Å². The standard InChI is InChI=1S/C22H25FN4O2/c1-15(21-24-19-6-4-3-5-17(19)22(28)25-21)27-11-9-26(10-12-27)14-16-7-8-20(29-2)18(23)13-16/h3-8,13,15H,9-12,14H2,1-2H3,(H,24,25,28)/t15-/m1/s1. The summed E-state index contributed by atoms with van der Waals surface area (Å²) in [5, 5.41) is 0.611. The Labute approximate surface area is 168 Å². The molecule has 0 saturated carbocycles. The van der Waals surface area contributed by atoms with Gasteiger partial charge in [-0.25, -0.2) is 9.37 Å². The van der Waals surface area contributed by atoms with Crippen molar-refractivity contribution in [3.05, 3.63) is 70.0 Å². The molecule has 152 valence electrons. The van der Waals surface area contributed by atoms with Crippen molar-refractivity contribution in [2.24, 2.45) is 0 Å². The average Bonchev–Trinajstić information content (AvgIpc) is 2.74. The molecule has 7 heteroatoms. The largest absolute Gasteiger partial charge is 0.494 e. The van der Waals surface area contributed by atoms with Crippen LogP contribution in [0, 0.1) is 5.82 Å². The third-order valence-corrected chi connectivity index (χ3v) is 5.60. The highest BCUT2D eigenvalue weighted by Gasteiger charge is 2.24. The van der Waals surface area contributed by atoms with E-state index in [-0.39, 0.29) is 23.2 Å². The molecule has 2 aromatic carbocycles. The number of piperazine rings is 1. The van der Waals surface area contributed by atoms with Crippen molar-refractivity contribution >= 4 is 10.9 Å². The lowest BCUT2D eigenvalue weighted by molar-refractivity contribution is 0.0947. The molecular weight excluding hydrogens is 371 g/mol. The number of methoxy groups -OCH3 is 1. The summed E-state index contributed by atoms with van der Waals surface area (Å²) in [6.45, 7) is 6.23. The second kappa shape index (κ2) is 8.31. The second-order valence-corrected chi connectivity index (χ2v) is 7.43. The van der Waals surface area contributed by atoms with E-state index >= 15 is 0 Å². The number of para-hydroxylation sites is 1. The van der Waals surface area contributed by atoms with Crippen LogP contribution in [0.5, 0.6) is 5.75 Å². The summed E-state index contributed by atoms with van der Waals surface area (Å²) in [4.78, 5) is 24.6. The molecule has 0 bridgehead atoms. The smallest absolute Gasteiger partial charge is 0.258 e. The number of benzene rings is 2. The molecule has 3 aromatic rings. The molecule has 2 heterocycles. The van der Waals surface area contributed by atoms with Crippen LogP contribution >= 0.6 is 0 Å². The Morgan fingerprint density at radius 1 is 1.17 bits per heavy atom. The molecule has 29 heavy (non-hydrogen) atoms. The van der Waals surface area contributed by atoms with Crippen LogP contribution in [-0.2, 0) is 6.54 Å². The maximum absolute atomic E-state index is 13.9. The van der Waals surface area contributed by atoms with Crippen molar-refractivity contribution in [3.63, 3.8) is 0 Å². The van der Waals surface area contributed by atoms with E-state index in [1.807, 2.05) is 24.3 Å². The Hall–Kier alpha value is -2.77. The van der Waals surface area contributed by atoms with Gasteiger partial charge in [0, 0.05) is 32.7 Å². The van der Waals surface area contributed by atoms with Crippen LogP contribution in [-0.4, -0.2) is 53.1 Å². The molecule has 1 aliphatic rings. The van der Waals surface area contributed by atoms with Crippen LogP contribution < -0.4 is 10.3 Å². The summed E-state index contributed by atoms with van der Waals surface area (Å²) in [6.07, 6.45) is 0. The zero-order valence-corrected chi connectivity index (χ0v) is 16.7. The zero-order chi connectivity index (χ0) is 20.4. The number of H-pyrrole nitrogens is 1. The minimum absolute atomic E-state index is 0.0212. The van der Waals surface area contributed by atoms with Gasteiger partial charge in [-0.05, 0) is 36.8 Å². The van der Waals surface area contributed by atoms with Gasteiger partial charge in [0.15, 0.2) is 11.6 Å². The SMILES string of the molecule is COc1ccc(CN2CCN([C@H](C)c3nc4ccccc4c(=O)[nH]3)CC2)cc1F. The Kier molecular flexibility index (Phi) is 5.60. The highest BCUT2D eigenvalue weighted by atomic mass is 19.1. The van der Waals surface area contributed by atoms with E-state index in [0.717, 1.165) is 37.3 Å². The van der Waals surface area contributed by atoms with Crippen molar-refractivity contribution in [2.75, 3.05) is 33.3 Å². The predicted octanol–water partition coefficient (Wildman–Crippen LogP) is 2.95. The molecule has 0 amide bonds. The van der Waals surface area contributed by atoms with E-state index in [9.17, 15) is 9.18 Å². The zero-order valence-electron chi connectivity index (χ0n) is 16.7. The fourth-order valence-electron chi connectivity index (χ4n) is 3.85. The van der Waals surface area contributed by atoms with Crippen LogP contribution in [0.25, 0.3) is 10.9 Å². The number of nitrogens with one attached hydrogen (secondary N) is 1. The maximum Gasteiger partial charge on any atom is 0.258 e. The molecule has 0 unspecified atom stereocenters. The van der Waals surface area contributed by atoms with Gasteiger partial charge in [-0.3, -0.25) is 14.6 Å². The van der Waals surface area contributed by atoms with E-state index in [2.05, 4.69) is 26.7 Å². The van der Waals surface area contributed by atoms with Gasteiger partial charge in [-0.15, -0.1) is 0 Å². The fraction of sp³-hybridized carbons (Fsp3) is 0.364. The molecule has 1 atom stereocenters. The molecule has 4 rings (SSSR count). The summed E-state index contributed by atoms with van der Waals surface area (Å²) in [5.41, 5.74) is 1.56. The first-order chi connectivity index (χ1) is 14.0. The van der Waals surface area contributed by atoms with Crippen molar-refractivity contribution in [2.45, 2.75) is 19.5 Å². The molecule has 1 N–H and O–H groups in total. The molecule has 1 aliphatic heterocycles. The first-order valence-electron chi connectivity index (χ1n) is 9.83. The Balaban J connectivity index is 1.40. The Morgan fingerprint density at radius 2 is 1.93 bits per heavy atom. The van der Waals surface area contributed by atoms with E-state index in [1.165, 1.54) is 13.2 Å². The monoisotopic (exact) mass is 396 g/mol. The summed E-state index contributed by atoms with van der Waals surface area (Å²) in [5.74, 6) is 0.632. The average molecular weight is 396 g/mol. The summed E-state index contributed by atoms with van der Waals surface area (Å²) < 4.78 is 18.9. The molecule has 1 aromatic heterocycles. The summed E-state index contributed by atoms with van der Waals surface area (Å²) in [6, 6.07) is 12.5. The van der Waals surface area contributed by atoms with E-state index in [0.29, 0.717) is 17.8 Å². The van der Waals surface area contributed by atoms with E-state index in [1.54, 1.807) is 12.1 Å². The van der Waals surface area contributed by atoms with Crippen LogP contribution in [0.3, 0.4) is 0 Å². The van der Waals surface area contributed by atoms with Crippen LogP contribution in [0.15, 0.2) is 47.3 Å². The van der Waals surface area contributed by atoms with Gasteiger partial charge in [-0.1, -0.05) is 18.2 Å². The lowest BCUT2D eigenvalue weighted by Crippen LogP contribution is -2.47. The molecule has 0 aliphatic carbocycles. The van der Waals surface area contributed by atoms with Crippen molar-refractivity contribution < 1.29 is 9.13 Å². The number of fused-ring (bicyclic) bond motifs is 1. The number of hydrogen-bond acceptors (Lipinski definition) is 5. The second-order valence-electron chi connectivity index (χ2n) is 7.43. The molecule has 0 radical (unpaired) electrons. The Morgan fingerprint density at radius 3 is 2.66 bits per heavy atom. The highest BCUT2D eigenvalue weighted by Crippen LogP contribution is 2.22. The summed E-state index contributed by atoms with van der Waals surface area (Å²) in [7, 11) is 1.47. The third-order valence-electron chi connectivity index (χ3n) is 5.60. The molecule has 0 spiro atoms. The first kappa shape index (κ1) is 19.5. The number of hydrogen-bond donors (Lipinski definition) is 1. The van der Waals surface area contributed by atoms with Gasteiger partial charge in [0.1, 0.15) is 5.82 Å². The quantitative estimate of drug-likeness (QED) is 0.719. The Bertz CT molecular complexity index is 1060. The lowest BCUT2D eigenvalue weighted by Gasteiger charge is -2.37. The van der Waals surface area contributed by atoms with Crippen molar-refractivity contribution in [3.8, 4) is 5.75 Å². The summed E-state index contributed by atoms with van der Waals surface area (Å²) >= 11 is 0. The molecular formula is C22H25FN4O2. The predicted molar refractivity (Wildman–Crippen MR) is 111 cm³/mol. The molecule has 1 saturated heterocycles. The normalized spacial score (nSPS) is 16.8. The molecule has 6 nitrogen and oxygen atoms in total. The number of halogens is 1. The minimum Gasteiger partial charge on any atom is -0.494 e. The van der Waals surface area contributed by atoms with Crippen molar-refractivity contribution in [1.29, 1.82) is 0 Å². The number of aromatic nitrogens is 2. The van der Waals surface area contributed by atoms with Gasteiger partial charge in [0.2, 0.25) is 0 Å². The lowest BCUT2D eigenvalue weighted by atomic mass is 10.1. The van der Waals surface area contributed by atoms with Gasteiger partial charge < -0.3 is 9.72 Å². The minimum atomic E-state index is -0.330. The van der Waals surface area contributed by atoms with Crippen molar-refractivity contribution in [1.82, 2.24) is 19.8 Å². The van der Waals surface area contributed by atoms with Gasteiger partial charge >= 0.3 is 0 Å². The number of ether oxygens (including phenoxy) is 1. The topological polar surface area (TPSA) is 61.5 Å². The van der Waals surface area contributed by atoms with Gasteiger partial charge in [0.05, 0.1) is 24.1 Å². The first-order valence-corrected chi connectivity index (χ1v) is 9.83. The number of nitrogens with zero attached hydrogens (tertiary/aromatic N) is 3. The van der Waals surface area contributed by atoms with Crippen LogP contribution in [0.4, 0.5) is 4.39 Å². The number of aromatic amines is 1. The van der Waals surface area contributed by atoms with Gasteiger partial charge in [-0.2, -0.15) is 0 Å². The number of rotatable bonds is 5. The van der Waals surface area contributed by atoms with E-state index < -0.39 is 0 Å². The van der Waals surface area contributed by atoms with E-state index in [4.69, 9.17) is 4.74 Å². The fourth-order valence-corrected chi connectivity index (χ4v) is 3.85. The molecule has 1 fully saturated rings. The van der Waals surface area contributed by atoms with Crippen LogP contribution in [0.2, 0.25) is 0 Å². The van der Waals surface area contributed by atoms with Crippen LogP contribution in [0.1, 0.15) is 24.4 Å². The highest BCUT2D eigenvalue weighted by molar-refractivity contribution is 5.77. The third kappa shape index (κ3) is 4.16.